The van der Waals surface area contributed by atoms with Gasteiger partial charge in [-0.05, 0) is 31.9 Å². The maximum absolute atomic E-state index is 11.8. The van der Waals surface area contributed by atoms with Crippen molar-refractivity contribution in [3.63, 3.8) is 0 Å². The number of carbonyl (C=O) groups is 1. The minimum Gasteiger partial charge on any atom is -0.378 e. The molecule has 112 valence electrons. The molecule has 0 aromatic carbocycles. The fourth-order valence-electron chi connectivity index (χ4n) is 2.08. The van der Waals surface area contributed by atoms with E-state index in [1.54, 1.807) is 6.07 Å². The maximum atomic E-state index is 11.8. The Kier molecular flexibility index (Phi) is 5.06. The monoisotopic (exact) mass is 337 g/mol. The number of thiophene rings is 1. The highest BCUT2D eigenvalue weighted by atomic mass is 35.7. The Morgan fingerprint density at radius 3 is 2.75 bits per heavy atom. The van der Waals surface area contributed by atoms with Gasteiger partial charge in [0.15, 0.2) is 0 Å². The van der Waals surface area contributed by atoms with E-state index in [2.05, 4.69) is 5.32 Å². The number of nitrogens with one attached hydrogen (secondary N) is 1. The minimum absolute atomic E-state index is 0.0713. The molecule has 0 unspecified atom stereocenters. The summed E-state index contributed by atoms with van der Waals surface area (Å²) in [6.07, 6.45) is 2.10. The van der Waals surface area contributed by atoms with E-state index in [9.17, 15) is 13.2 Å². The van der Waals surface area contributed by atoms with Gasteiger partial charge in [0, 0.05) is 28.2 Å². The first-order chi connectivity index (χ1) is 9.38. The number of ether oxygens (including phenoxy) is 1. The quantitative estimate of drug-likeness (QED) is 0.805. The minimum atomic E-state index is -3.71. The van der Waals surface area contributed by atoms with Crippen molar-refractivity contribution in [1.82, 2.24) is 5.32 Å². The first-order valence-corrected chi connectivity index (χ1v) is 9.45. The normalized spacial score (nSPS) is 22.3. The number of halogens is 1. The summed E-state index contributed by atoms with van der Waals surface area (Å²) in [6.45, 7) is 2.64. The fraction of sp³-hybridized carbons (Fsp3) is 0.583. The zero-order valence-corrected chi connectivity index (χ0v) is 13.4. The Morgan fingerprint density at radius 1 is 1.50 bits per heavy atom. The Labute approximate surface area is 126 Å². The molecule has 1 N–H and O–H groups in total. The van der Waals surface area contributed by atoms with Crippen molar-refractivity contribution in [1.29, 1.82) is 0 Å². The number of carbonyl (C=O) groups excluding carboxylic acids is 1. The molecule has 0 bridgehead atoms. The summed E-state index contributed by atoms with van der Waals surface area (Å²) in [6, 6.07) is 3.20. The van der Waals surface area contributed by atoms with Gasteiger partial charge in [0.25, 0.3) is 9.05 Å². The topological polar surface area (TPSA) is 72.5 Å². The third kappa shape index (κ3) is 4.18. The van der Waals surface area contributed by atoms with Gasteiger partial charge in [-0.3, -0.25) is 4.79 Å². The Hall–Kier alpha value is -0.630. The molecule has 8 heteroatoms. The van der Waals surface area contributed by atoms with Crippen molar-refractivity contribution in [2.75, 3.05) is 6.61 Å². The van der Waals surface area contributed by atoms with Crippen LogP contribution >= 0.6 is 22.0 Å². The zero-order chi connectivity index (χ0) is 14.8. The molecule has 0 atom stereocenters. The Morgan fingerprint density at radius 2 is 2.20 bits per heavy atom. The van der Waals surface area contributed by atoms with Crippen molar-refractivity contribution in [2.24, 2.45) is 0 Å². The van der Waals surface area contributed by atoms with E-state index >= 15 is 0 Å². The summed E-state index contributed by atoms with van der Waals surface area (Å²) < 4.78 is 27.7. The van der Waals surface area contributed by atoms with Gasteiger partial charge in [-0.2, -0.15) is 0 Å². The highest BCUT2D eigenvalue weighted by molar-refractivity contribution is 8.15. The van der Waals surface area contributed by atoms with Crippen molar-refractivity contribution in [3.05, 3.63) is 17.0 Å². The van der Waals surface area contributed by atoms with E-state index in [4.69, 9.17) is 15.4 Å². The van der Waals surface area contributed by atoms with Crippen LogP contribution in [-0.2, 0) is 25.0 Å². The van der Waals surface area contributed by atoms with Crippen molar-refractivity contribution in [2.45, 2.75) is 42.5 Å². The van der Waals surface area contributed by atoms with Crippen LogP contribution in [0, 0.1) is 0 Å². The van der Waals surface area contributed by atoms with Crippen molar-refractivity contribution < 1.29 is 17.9 Å². The molecule has 20 heavy (non-hydrogen) atoms. The molecule has 0 aliphatic heterocycles. The van der Waals surface area contributed by atoms with E-state index in [1.807, 2.05) is 6.92 Å². The summed E-state index contributed by atoms with van der Waals surface area (Å²) in [5, 5.41) is 2.91. The van der Waals surface area contributed by atoms with Gasteiger partial charge in [0.05, 0.1) is 12.5 Å². The Balaban J connectivity index is 1.79. The first-order valence-electron chi connectivity index (χ1n) is 6.33. The zero-order valence-electron chi connectivity index (χ0n) is 11.0. The molecule has 2 rings (SSSR count). The van der Waals surface area contributed by atoms with Gasteiger partial charge in [-0.25, -0.2) is 8.42 Å². The molecule has 1 aromatic heterocycles. The van der Waals surface area contributed by atoms with Gasteiger partial charge in [-0.15, -0.1) is 11.3 Å². The van der Waals surface area contributed by atoms with Crippen LogP contribution < -0.4 is 5.32 Å². The largest absolute Gasteiger partial charge is 0.378 e. The average Bonchev–Trinajstić information content (AvgIpc) is 2.74. The van der Waals surface area contributed by atoms with Crippen molar-refractivity contribution >= 4 is 37.0 Å². The van der Waals surface area contributed by atoms with Gasteiger partial charge in [0.1, 0.15) is 4.21 Å². The third-order valence-corrected chi connectivity index (χ3v) is 6.25. The molecule has 1 aliphatic carbocycles. The lowest BCUT2D eigenvalue weighted by Crippen LogP contribution is -2.48. The molecule has 1 fully saturated rings. The lowest BCUT2D eigenvalue weighted by molar-refractivity contribution is -0.123. The SMILES string of the molecule is CCOC1CC(NC(=O)Cc2ccc(S(=O)(=O)Cl)s2)C1. The lowest BCUT2D eigenvalue weighted by Gasteiger charge is -2.35. The molecular formula is C12H16ClNO4S2. The van der Waals surface area contributed by atoms with Gasteiger partial charge < -0.3 is 10.1 Å². The van der Waals surface area contributed by atoms with Crippen LogP contribution in [0.25, 0.3) is 0 Å². The predicted molar refractivity (Wildman–Crippen MR) is 77.6 cm³/mol. The van der Waals surface area contributed by atoms with Crippen LogP contribution in [0.15, 0.2) is 16.3 Å². The molecule has 1 amide bonds. The average molecular weight is 338 g/mol. The van der Waals surface area contributed by atoms with Crippen LogP contribution in [0.4, 0.5) is 0 Å². The third-order valence-electron chi connectivity index (χ3n) is 3.07. The summed E-state index contributed by atoms with van der Waals surface area (Å²) in [7, 11) is 1.53. The number of hydrogen-bond acceptors (Lipinski definition) is 5. The predicted octanol–water partition coefficient (Wildman–Crippen LogP) is 1.90. The molecule has 0 radical (unpaired) electrons. The maximum Gasteiger partial charge on any atom is 0.270 e. The second kappa shape index (κ2) is 6.43. The first kappa shape index (κ1) is 15.8. The summed E-state index contributed by atoms with van der Waals surface area (Å²) in [5.74, 6) is -0.106. The highest BCUT2D eigenvalue weighted by Gasteiger charge is 2.30. The van der Waals surface area contributed by atoms with E-state index < -0.39 is 9.05 Å². The summed E-state index contributed by atoms with van der Waals surface area (Å²) >= 11 is 1.02. The van der Waals surface area contributed by atoms with E-state index in [0.29, 0.717) is 11.5 Å². The van der Waals surface area contributed by atoms with E-state index in [-0.39, 0.29) is 28.7 Å². The summed E-state index contributed by atoms with van der Waals surface area (Å²) in [4.78, 5) is 12.5. The standard InChI is InChI=1S/C12H16ClNO4S2/c1-2-18-9-5-8(6-9)14-11(15)7-10-3-4-12(19-10)20(13,16)17/h3-4,8-9H,2,5-7H2,1H3,(H,14,15). The molecule has 0 saturated heterocycles. The number of hydrogen-bond donors (Lipinski definition) is 1. The van der Waals surface area contributed by atoms with Gasteiger partial charge in [0.2, 0.25) is 5.91 Å². The second-order valence-electron chi connectivity index (χ2n) is 4.65. The highest BCUT2D eigenvalue weighted by Crippen LogP contribution is 2.26. The second-order valence-corrected chi connectivity index (χ2v) is 8.61. The molecule has 1 heterocycles. The number of rotatable bonds is 6. The molecule has 5 nitrogen and oxygen atoms in total. The van der Waals surface area contributed by atoms with E-state index in [1.165, 1.54) is 6.07 Å². The molecular weight excluding hydrogens is 322 g/mol. The fourth-order valence-corrected chi connectivity index (χ4v) is 4.20. The van der Waals surface area contributed by atoms with Crippen LogP contribution in [-0.4, -0.2) is 33.1 Å². The number of amides is 1. The smallest absolute Gasteiger partial charge is 0.270 e. The Bertz CT molecular complexity index is 578. The molecule has 1 saturated carbocycles. The van der Waals surface area contributed by atoms with Crippen LogP contribution in [0.5, 0.6) is 0 Å². The van der Waals surface area contributed by atoms with Gasteiger partial charge in [-0.1, -0.05) is 0 Å². The van der Waals surface area contributed by atoms with Crippen molar-refractivity contribution in [3.8, 4) is 0 Å². The van der Waals surface area contributed by atoms with Gasteiger partial charge >= 0.3 is 0 Å². The molecule has 1 aliphatic rings. The van der Waals surface area contributed by atoms with Crippen LogP contribution in [0.2, 0.25) is 0 Å². The van der Waals surface area contributed by atoms with E-state index in [0.717, 1.165) is 24.2 Å². The lowest BCUT2D eigenvalue weighted by atomic mass is 9.89. The van der Waals surface area contributed by atoms with Crippen LogP contribution in [0.3, 0.4) is 0 Å². The molecule has 0 spiro atoms. The van der Waals surface area contributed by atoms with Crippen LogP contribution in [0.1, 0.15) is 24.6 Å². The molecule has 1 aromatic rings. The summed E-state index contributed by atoms with van der Waals surface area (Å²) in [5.41, 5.74) is 0.